The average Bonchev–Trinajstić information content (AvgIpc) is 3.57. The van der Waals surface area contributed by atoms with E-state index in [2.05, 4.69) is 143 Å². The topological polar surface area (TPSA) is 79.9 Å². The molecule has 8 rings (SSSR count). The number of rotatable bonds is 8. The maximum atomic E-state index is 9.27. The highest BCUT2D eigenvalue weighted by molar-refractivity contribution is 5.93. The first-order valence-electron chi connectivity index (χ1n) is 17.0. The quantitative estimate of drug-likeness (QED) is 0.153. The van der Waals surface area contributed by atoms with Crippen LogP contribution in [0.1, 0.15) is 40.8 Å². The first-order chi connectivity index (χ1) is 24.6. The molecule has 50 heavy (non-hydrogen) atoms. The lowest BCUT2D eigenvalue weighted by molar-refractivity contribution is 0.171. The number of piperidine rings is 1. The number of ether oxygens (including phenoxy) is 1. The highest BCUT2D eigenvalue weighted by atomic mass is 16.5. The van der Waals surface area contributed by atoms with Gasteiger partial charge in [0.25, 0.3) is 0 Å². The van der Waals surface area contributed by atoms with E-state index in [-0.39, 0.29) is 6.10 Å². The van der Waals surface area contributed by atoms with Crippen LogP contribution >= 0.6 is 0 Å². The zero-order valence-electron chi connectivity index (χ0n) is 27.9. The van der Waals surface area contributed by atoms with Gasteiger partial charge in [-0.2, -0.15) is 10.4 Å². The van der Waals surface area contributed by atoms with E-state index in [4.69, 9.17) is 14.8 Å². The number of aromatic nitrogens is 4. The van der Waals surface area contributed by atoms with Crippen LogP contribution in [-0.4, -0.2) is 38.9 Å². The third-order valence-electron chi connectivity index (χ3n) is 9.75. The summed E-state index contributed by atoms with van der Waals surface area (Å²) in [6.07, 6.45) is 5.64. The zero-order chi connectivity index (χ0) is 33.9. The van der Waals surface area contributed by atoms with Crippen molar-refractivity contribution < 1.29 is 4.74 Å². The van der Waals surface area contributed by atoms with Crippen molar-refractivity contribution in [1.29, 1.82) is 5.26 Å². The minimum Gasteiger partial charge on any atom is -0.490 e. The minimum atomic E-state index is -0.694. The van der Waals surface area contributed by atoms with Crippen LogP contribution in [-0.2, 0) is 5.54 Å². The molecular weight excluding hydrogens is 617 g/mol. The summed E-state index contributed by atoms with van der Waals surface area (Å²) in [5.41, 5.74) is 7.27. The van der Waals surface area contributed by atoms with Crippen LogP contribution in [0.3, 0.4) is 0 Å². The Kier molecular flexibility index (Phi) is 8.27. The molecule has 1 aliphatic rings. The smallest absolute Gasteiger partial charge is 0.139 e. The molecule has 0 saturated carbocycles. The van der Waals surface area contributed by atoms with Crippen molar-refractivity contribution in [2.75, 3.05) is 18.0 Å². The first-order valence-corrected chi connectivity index (χ1v) is 17.0. The Labute approximate surface area is 292 Å². The Morgan fingerprint density at radius 2 is 1.38 bits per heavy atom. The van der Waals surface area contributed by atoms with Gasteiger partial charge in [-0.3, -0.25) is 4.68 Å². The molecule has 1 fully saturated rings. The second-order valence-electron chi connectivity index (χ2n) is 12.8. The second-order valence-corrected chi connectivity index (χ2v) is 12.8. The number of anilines is 1. The fourth-order valence-corrected chi connectivity index (χ4v) is 7.33. The summed E-state index contributed by atoms with van der Waals surface area (Å²) in [6.45, 7) is 3.70. The molecule has 7 nitrogen and oxygen atoms in total. The fourth-order valence-electron chi connectivity index (χ4n) is 7.33. The van der Waals surface area contributed by atoms with E-state index in [0.717, 1.165) is 81.9 Å². The van der Waals surface area contributed by atoms with Crippen molar-refractivity contribution >= 4 is 16.7 Å². The maximum absolute atomic E-state index is 9.27. The highest BCUT2D eigenvalue weighted by Gasteiger charge is 2.39. The van der Waals surface area contributed by atoms with E-state index in [1.54, 1.807) is 18.5 Å². The number of fused-ring (bicyclic) bond motifs is 1. The summed E-state index contributed by atoms with van der Waals surface area (Å²) in [5.74, 6) is 1.67. The van der Waals surface area contributed by atoms with Crippen LogP contribution in [0.4, 0.5) is 5.82 Å². The molecule has 1 saturated heterocycles. The van der Waals surface area contributed by atoms with Gasteiger partial charge in [0.2, 0.25) is 0 Å². The lowest BCUT2D eigenvalue weighted by Crippen LogP contribution is -2.38. The normalized spacial score (nSPS) is 13.6. The van der Waals surface area contributed by atoms with Gasteiger partial charge in [-0.05, 0) is 59.5 Å². The van der Waals surface area contributed by atoms with Gasteiger partial charge in [-0.1, -0.05) is 103 Å². The Morgan fingerprint density at radius 1 is 0.740 bits per heavy atom. The van der Waals surface area contributed by atoms with E-state index in [9.17, 15) is 5.26 Å². The molecule has 0 bridgehead atoms. The van der Waals surface area contributed by atoms with Gasteiger partial charge >= 0.3 is 0 Å². The van der Waals surface area contributed by atoms with Crippen LogP contribution in [0.25, 0.3) is 22.0 Å². The van der Waals surface area contributed by atoms with Gasteiger partial charge < -0.3 is 9.64 Å². The minimum absolute atomic E-state index is 0.0801. The van der Waals surface area contributed by atoms with Crippen molar-refractivity contribution in [3.63, 3.8) is 0 Å². The predicted molar refractivity (Wildman–Crippen MR) is 197 cm³/mol. The van der Waals surface area contributed by atoms with E-state index in [0.29, 0.717) is 5.56 Å². The molecular formula is C43H36N6O. The summed E-state index contributed by atoms with van der Waals surface area (Å²) in [6, 6.07) is 47.9. The molecule has 244 valence electrons. The van der Waals surface area contributed by atoms with E-state index < -0.39 is 5.54 Å². The van der Waals surface area contributed by atoms with Gasteiger partial charge in [0.05, 0.1) is 22.8 Å². The van der Waals surface area contributed by atoms with E-state index in [1.165, 1.54) is 0 Å². The maximum Gasteiger partial charge on any atom is 0.139 e. The second kappa shape index (κ2) is 13.3. The Hall–Kier alpha value is -6.26. The number of nitriles is 1. The SMILES string of the molecule is Cc1nn(C(c2ccccc2)(c2ccccc2)c2ccccc2)cc1-c1ccc2ncnc(N3CCC(Oc4cccc(C#N)c4)CC3)c2c1. The summed E-state index contributed by atoms with van der Waals surface area (Å²) >= 11 is 0. The largest absolute Gasteiger partial charge is 0.490 e. The van der Waals surface area contributed by atoms with Gasteiger partial charge in [-0.15, -0.1) is 0 Å². The lowest BCUT2D eigenvalue weighted by atomic mass is 9.77. The standard InChI is InChI=1S/C43H36N6O/c1-31-40(29-49(47-31)43(34-13-5-2-6-14-34,35-15-7-3-8-16-35)36-17-9-4-10-18-36)33-20-21-41-39(27-33)42(46-30-45-41)48-24-22-37(23-25-48)50-38-19-11-12-32(26-38)28-44/h2-21,26-27,29-30,37H,22-25H2,1H3. The first kappa shape index (κ1) is 31.0. The van der Waals surface area contributed by atoms with Crippen LogP contribution in [0.15, 0.2) is 146 Å². The zero-order valence-corrected chi connectivity index (χ0v) is 27.9. The third kappa shape index (κ3) is 5.65. The van der Waals surface area contributed by atoms with Crippen molar-refractivity contribution in [1.82, 2.24) is 19.7 Å². The van der Waals surface area contributed by atoms with Crippen LogP contribution < -0.4 is 9.64 Å². The number of aryl methyl sites for hydroxylation is 1. The van der Waals surface area contributed by atoms with Crippen LogP contribution in [0.2, 0.25) is 0 Å². The molecule has 0 N–H and O–H groups in total. The molecule has 7 aromatic rings. The Bertz CT molecular complexity index is 2190. The third-order valence-corrected chi connectivity index (χ3v) is 9.75. The molecule has 7 heteroatoms. The van der Waals surface area contributed by atoms with Gasteiger partial charge in [0.15, 0.2) is 0 Å². The summed E-state index contributed by atoms with van der Waals surface area (Å²) in [5, 5.41) is 15.6. The summed E-state index contributed by atoms with van der Waals surface area (Å²) in [7, 11) is 0. The van der Waals surface area contributed by atoms with E-state index in [1.807, 2.05) is 12.1 Å². The average molecular weight is 653 g/mol. The molecule has 0 amide bonds. The predicted octanol–water partition coefficient (Wildman–Crippen LogP) is 8.56. The molecule has 2 aromatic heterocycles. The van der Waals surface area contributed by atoms with Gasteiger partial charge in [0.1, 0.15) is 29.5 Å². The highest BCUT2D eigenvalue weighted by Crippen LogP contribution is 2.42. The molecule has 0 aliphatic carbocycles. The molecule has 0 spiro atoms. The van der Waals surface area contributed by atoms with Crippen LogP contribution in [0.5, 0.6) is 5.75 Å². The van der Waals surface area contributed by atoms with Crippen molar-refractivity contribution in [3.8, 4) is 22.9 Å². The molecule has 5 aromatic carbocycles. The van der Waals surface area contributed by atoms with Crippen molar-refractivity contribution in [2.24, 2.45) is 0 Å². The molecule has 0 unspecified atom stereocenters. The fraction of sp³-hybridized carbons (Fsp3) is 0.163. The number of hydrogen-bond acceptors (Lipinski definition) is 6. The number of benzene rings is 5. The van der Waals surface area contributed by atoms with Gasteiger partial charge in [0, 0.05) is 43.1 Å². The van der Waals surface area contributed by atoms with Gasteiger partial charge in [-0.25, -0.2) is 9.97 Å². The van der Waals surface area contributed by atoms with Crippen molar-refractivity contribution in [2.45, 2.75) is 31.4 Å². The van der Waals surface area contributed by atoms with Crippen molar-refractivity contribution in [3.05, 3.63) is 174 Å². The summed E-state index contributed by atoms with van der Waals surface area (Å²) < 4.78 is 8.41. The molecule has 1 aliphatic heterocycles. The molecule has 3 heterocycles. The summed E-state index contributed by atoms with van der Waals surface area (Å²) in [4.78, 5) is 11.8. The monoisotopic (exact) mass is 652 g/mol. The number of nitrogens with zero attached hydrogens (tertiary/aromatic N) is 6. The Morgan fingerprint density at radius 3 is 2.00 bits per heavy atom. The van der Waals surface area contributed by atoms with Crippen LogP contribution in [0, 0.1) is 18.3 Å². The molecule has 0 radical (unpaired) electrons. The number of hydrogen-bond donors (Lipinski definition) is 0. The van der Waals surface area contributed by atoms with E-state index >= 15 is 0 Å². The molecule has 0 atom stereocenters. The Balaban J connectivity index is 1.16. The lowest BCUT2D eigenvalue weighted by Gasteiger charge is -2.36.